The molecule has 0 atom stereocenters. The van der Waals surface area contributed by atoms with Crippen molar-refractivity contribution in [3.8, 4) is 11.5 Å². The molecule has 0 aliphatic rings. The van der Waals surface area contributed by atoms with Gasteiger partial charge in [0.25, 0.3) is 0 Å². The van der Waals surface area contributed by atoms with Gasteiger partial charge in [-0.25, -0.2) is 4.52 Å². The Morgan fingerprint density at radius 1 is 1.22 bits per heavy atom. The van der Waals surface area contributed by atoms with Gasteiger partial charge in [0.05, 0.1) is 40.2 Å². The van der Waals surface area contributed by atoms with Gasteiger partial charge in [-0.3, -0.25) is 4.79 Å². The van der Waals surface area contributed by atoms with E-state index in [-0.39, 0.29) is 23.2 Å². The van der Waals surface area contributed by atoms with Crippen LogP contribution in [0.3, 0.4) is 0 Å². The molecule has 2 heterocycles. The summed E-state index contributed by atoms with van der Waals surface area (Å²) in [7, 11) is 1.48. The van der Waals surface area contributed by atoms with Gasteiger partial charge in [0.2, 0.25) is 5.43 Å². The van der Waals surface area contributed by atoms with Crippen molar-refractivity contribution in [3.05, 3.63) is 43.1 Å². The van der Waals surface area contributed by atoms with E-state index in [4.69, 9.17) is 9.84 Å². The van der Waals surface area contributed by atoms with Gasteiger partial charge in [-0.15, -0.1) is 0 Å². The van der Waals surface area contributed by atoms with Crippen LogP contribution in [0.2, 0.25) is 0 Å². The molecule has 0 aliphatic heterocycles. The number of nitrogens with zero attached hydrogens (tertiary/aromatic N) is 2. The van der Waals surface area contributed by atoms with Crippen molar-refractivity contribution >= 4 is 59.1 Å². The zero-order chi connectivity index (χ0) is 19.3. The Kier molecular flexibility index (Phi) is 4.71. The molecule has 3 N–H and O–H groups in total. The molecule has 0 saturated heterocycles. The van der Waals surface area contributed by atoms with E-state index in [1.807, 2.05) is 12.1 Å². The summed E-state index contributed by atoms with van der Waals surface area (Å²) >= 11 is 6.81. The summed E-state index contributed by atoms with van der Waals surface area (Å²) in [6.07, 6.45) is 0. The van der Waals surface area contributed by atoms with Crippen molar-refractivity contribution in [1.29, 1.82) is 0 Å². The Morgan fingerprint density at radius 2 is 2.00 bits per heavy atom. The van der Waals surface area contributed by atoms with Gasteiger partial charge in [-0.2, -0.15) is 5.10 Å². The molecule has 0 saturated carbocycles. The quantitative estimate of drug-likeness (QED) is 0.290. The number of aliphatic hydroxyl groups excluding tert-OH is 1. The third-order valence-corrected chi connectivity index (χ3v) is 5.76. The number of fused-ring (bicyclic) bond motifs is 2. The molecule has 0 unspecified atom stereocenters. The molecule has 0 bridgehead atoms. The number of aromatic hydroxyl groups is 1. The van der Waals surface area contributed by atoms with Crippen LogP contribution < -0.4 is 15.5 Å². The highest BCUT2D eigenvalue weighted by atomic mass is 79.9. The Morgan fingerprint density at radius 3 is 2.70 bits per heavy atom. The maximum absolute atomic E-state index is 13.3. The maximum Gasteiger partial charge on any atom is 0.202 e. The van der Waals surface area contributed by atoms with Crippen molar-refractivity contribution in [3.63, 3.8) is 0 Å². The Bertz CT molecular complexity index is 1240. The lowest BCUT2D eigenvalue weighted by Crippen LogP contribution is -2.17. The smallest absolute Gasteiger partial charge is 0.202 e. The van der Waals surface area contributed by atoms with E-state index in [1.165, 1.54) is 13.2 Å². The lowest BCUT2D eigenvalue weighted by Gasteiger charge is -2.12. The summed E-state index contributed by atoms with van der Waals surface area (Å²) in [5.74, 6) is 0.272. The van der Waals surface area contributed by atoms with Crippen LogP contribution in [0.4, 0.5) is 0 Å². The number of phenols is 1. The Hall–Kier alpha value is -1.94. The number of phenolic OH excluding ortho intramolecular Hbond substituents is 1. The molecule has 0 aliphatic carbocycles. The summed E-state index contributed by atoms with van der Waals surface area (Å²) < 4.78 is 8.15. The highest BCUT2D eigenvalue weighted by Crippen LogP contribution is 2.40. The number of ether oxygens (including phenoxy) is 1. The standard InChI is InChI=1S/C18H15Br2N3O4/c1-27-18-10(20)6-12(25)16-14(18)17(26)13-9(19)3-2-8-11(7-21-4-5-24)22-23(16)15(8)13/h2-3,6,21,24-25H,4-5,7H2,1H3. The minimum Gasteiger partial charge on any atom is -0.506 e. The Balaban J connectivity index is 2.21. The van der Waals surface area contributed by atoms with Gasteiger partial charge in [-0.05, 0) is 44.0 Å². The molecule has 4 rings (SSSR count). The number of methoxy groups -OCH3 is 1. The number of halogens is 2. The van der Waals surface area contributed by atoms with Crippen LogP contribution >= 0.6 is 31.9 Å². The number of aromatic nitrogens is 2. The van der Waals surface area contributed by atoms with Crippen LogP contribution in [-0.4, -0.2) is 40.1 Å². The van der Waals surface area contributed by atoms with E-state index < -0.39 is 0 Å². The average molecular weight is 497 g/mol. The number of aliphatic hydroxyl groups is 1. The topological polar surface area (TPSA) is 96.1 Å². The summed E-state index contributed by atoms with van der Waals surface area (Å²) in [5.41, 5.74) is 1.39. The van der Waals surface area contributed by atoms with E-state index >= 15 is 0 Å². The summed E-state index contributed by atoms with van der Waals surface area (Å²) in [5, 5.41) is 28.8. The van der Waals surface area contributed by atoms with Crippen LogP contribution in [0.25, 0.3) is 27.2 Å². The summed E-state index contributed by atoms with van der Waals surface area (Å²) in [6.45, 7) is 0.866. The second-order valence-corrected chi connectivity index (χ2v) is 7.75. The molecule has 27 heavy (non-hydrogen) atoms. The van der Waals surface area contributed by atoms with Gasteiger partial charge in [-0.1, -0.05) is 0 Å². The molecule has 7 nitrogen and oxygen atoms in total. The molecule has 0 amide bonds. The van der Waals surface area contributed by atoms with Crippen molar-refractivity contribution in [1.82, 2.24) is 14.9 Å². The van der Waals surface area contributed by atoms with Gasteiger partial charge in [0.1, 0.15) is 17.0 Å². The molecule has 0 spiro atoms. The van der Waals surface area contributed by atoms with Crippen LogP contribution in [-0.2, 0) is 6.54 Å². The number of pyridine rings is 1. The largest absolute Gasteiger partial charge is 0.506 e. The molecule has 0 fully saturated rings. The van der Waals surface area contributed by atoms with E-state index in [0.717, 1.165) is 5.39 Å². The van der Waals surface area contributed by atoms with E-state index in [9.17, 15) is 9.90 Å². The SMILES string of the molecule is COc1c(Br)cc(O)c2c1c(=O)c1c(Br)ccc3c(CNCCO)nn2c31. The fourth-order valence-corrected chi connectivity index (χ4v) is 4.47. The first kappa shape index (κ1) is 18.4. The molecule has 4 aromatic rings. The lowest BCUT2D eigenvalue weighted by molar-refractivity contribution is 0.291. The van der Waals surface area contributed by atoms with E-state index in [1.54, 1.807) is 4.52 Å². The van der Waals surface area contributed by atoms with Gasteiger partial charge in [0, 0.05) is 29.0 Å². The van der Waals surface area contributed by atoms with Crippen LogP contribution in [0.15, 0.2) is 31.9 Å². The second kappa shape index (κ2) is 6.90. The maximum atomic E-state index is 13.3. The minimum absolute atomic E-state index is 0.0166. The molecule has 140 valence electrons. The highest BCUT2D eigenvalue weighted by Gasteiger charge is 2.24. The summed E-state index contributed by atoms with van der Waals surface area (Å²) in [6, 6.07) is 5.19. The Labute approximate surface area is 170 Å². The summed E-state index contributed by atoms with van der Waals surface area (Å²) in [4.78, 5) is 13.3. The van der Waals surface area contributed by atoms with Crippen LogP contribution in [0.5, 0.6) is 11.5 Å². The predicted molar refractivity (Wildman–Crippen MR) is 110 cm³/mol. The first-order valence-corrected chi connectivity index (χ1v) is 9.74. The zero-order valence-electron chi connectivity index (χ0n) is 14.2. The van der Waals surface area contributed by atoms with Gasteiger partial charge < -0.3 is 20.3 Å². The first-order valence-electron chi connectivity index (χ1n) is 8.15. The number of hydrogen-bond donors (Lipinski definition) is 3. The predicted octanol–water partition coefficient (Wildman–Crippen LogP) is 2.76. The molecule has 9 heteroatoms. The molecule has 0 radical (unpaired) electrons. The third-order valence-electron chi connectivity index (χ3n) is 4.51. The third kappa shape index (κ3) is 2.68. The van der Waals surface area contributed by atoms with Crippen LogP contribution in [0.1, 0.15) is 5.69 Å². The fraction of sp³-hybridized carbons (Fsp3) is 0.222. The molecular formula is C18H15Br2N3O4. The number of hydrogen-bond acceptors (Lipinski definition) is 6. The van der Waals surface area contributed by atoms with Crippen molar-refractivity contribution in [2.45, 2.75) is 6.54 Å². The van der Waals surface area contributed by atoms with Crippen molar-refractivity contribution in [2.75, 3.05) is 20.3 Å². The molecule has 2 aromatic carbocycles. The van der Waals surface area contributed by atoms with Gasteiger partial charge >= 0.3 is 0 Å². The first-order chi connectivity index (χ1) is 13.0. The van der Waals surface area contributed by atoms with Crippen LogP contribution in [0, 0.1) is 0 Å². The fourth-order valence-electron chi connectivity index (χ4n) is 3.40. The van der Waals surface area contributed by atoms with E-state index in [2.05, 4.69) is 42.3 Å². The number of benzene rings is 2. The normalized spacial score (nSPS) is 11.9. The number of nitrogens with one attached hydrogen (secondary N) is 1. The lowest BCUT2D eigenvalue weighted by atomic mass is 10.1. The average Bonchev–Trinajstić information content (AvgIpc) is 2.99. The molecular weight excluding hydrogens is 482 g/mol. The minimum atomic E-state index is -0.252. The number of rotatable bonds is 5. The van der Waals surface area contributed by atoms with Crippen molar-refractivity contribution in [2.24, 2.45) is 0 Å². The van der Waals surface area contributed by atoms with Crippen molar-refractivity contribution < 1.29 is 14.9 Å². The molecule has 2 aromatic heterocycles. The highest BCUT2D eigenvalue weighted by molar-refractivity contribution is 9.11. The monoisotopic (exact) mass is 495 g/mol. The second-order valence-electron chi connectivity index (χ2n) is 6.04. The zero-order valence-corrected chi connectivity index (χ0v) is 17.4. The van der Waals surface area contributed by atoms with E-state index in [0.29, 0.717) is 49.9 Å². The van der Waals surface area contributed by atoms with Gasteiger partial charge in [0.15, 0.2) is 0 Å².